The summed E-state index contributed by atoms with van der Waals surface area (Å²) in [6, 6.07) is 10.5. The molecule has 164 valence electrons. The topological polar surface area (TPSA) is 84.9 Å². The van der Waals surface area contributed by atoms with E-state index in [2.05, 4.69) is 5.32 Å². The first-order chi connectivity index (χ1) is 14.1. The second-order valence-corrected chi connectivity index (χ2v) is 9.17. The Morgan fingerprint density at radius 2 is 1.83 bits per heavy atom. The van der Waals surface area contributed by atoms with Crippen LogP contribution in [0.2, 0.25) is 0 Å². The monoisotopic (exact) mass is 434 g/mol. The van der Waals surface area contributed by atoms with Gasteiger partial charge in [0.15, 0.2) is 11.5 Å². The Labute approximate surface area is 179 Å². The molecule has 2 amide bonds. The third-order valence-corrected chi connectivity index (χ3v) is 6.02. The molecule has 2 aromatic rings. The Hall–Kier alpha value is -2.74. The highest BCUT2D eigenvalue weighted by Crippen LogP contribution is 2.30. The Balaban J connectivity index is 2.27. The molecule has 7 nitrogen and oxygen atoms in total. The Morgan fingerprint density at radius 3 is 2.43 bits per heavy atom. The minimum atomic E-state index is -3.71. The molecule has 30 heavy (non-hydrogen) atoms. The van der Waals surface area contributed by atoms with E-state index in [4.69, 9.17) is 8.92 Å². The molecule has 0 aromatic heterocycles. The van der Waals surface area contributed by atoms with E-state index < -0.39 is 10.1 Å². The first-order valence-electron chi connectivity index (χ1n) is 9.80. The predicted molar refractivity (Wildman–Crippen MR) is 119 cm³/mol. The van der Waals surface area contributed by atoms with Gasteiger partial charge in [-0.25, -0.2) is 4.79 Å². The number of benzene rings is 2. The lowest BCUT2D eigenvalue weighted by atomic mass is 10.1. The van der Waals surface area contributed by atoms with Crippen LogP contribution >= 0.6 is 0 Å². The average molecular weight is 435 g/mol. The van der Waals surface area contributed by atoms with Gasteiger partial charge in [0.05, 0.1) is 12.9 Å². The van der Waals surface area contributed by atoms with E-state index >= 15 is 0 Å². The minimum absolute atomic E-state index is 0.0824. The Morgan fingerprint density at radius 1 is 1.13 bits per heavy atom. The predicted octanol–water partition coefficient (Wildman–Crippen LogP) is 4.48. The van der Waals surface area contributed by atoms with E-state index in [1.807, 2.05) is 45.9 Å². The maximum absolute atomic E-state index is 13.0. The normalized spacial score (nSPS) is 11.3. The maximum atomic E-state index is 13.0. The SMILES string of the molecule is CCS(=O)(=O)Oc1cc(CN(C(=O)Nc2cccc(C)c2C)C(C)C)ccc1OC. The van der Waals surface area contributed by atoms with Crippen molar-refractivity contribution in [1.29, 1.82) is 0 Å². The molecular weight excluding hydrogens is 404 g/mol. The van der Waals surface area contributed by atoms with Crippen LogP contribution in [0.1, 0.15) is 37.5 Å². The van der Waals surface area contributed by atoms with Crippen molar-refractivity contribution in [3.05, 3.63) is 53.1 Å². The van der Waals surface area contributed by atoms with Crippen molar-refractivity contribution in [2.45, 2.75) is 47.2 Å². The molecule has 0 aliphatic rings. The molecule has 0 heterocycles. The van der Waals surface area contributed by atoms with E-state index in [-0.39, 0.29) is 30.1 Å². The molecule has 0 saturated heterocycles. The molecule has 0 fully saturated rings. The standard InChI is InChI=1S/C22H30N2O5S/c1-7-30(26,27)29-21-13-18(11-12-20(21)28-6)14-24(15(2)3)22(25)23-19-10-8-9-16(4)17(19)5/h8-13,15H,7,14H2,1-6H3,(H,23,25). The molecule has 1 N–H and O–H groups in total. The first-order valence-corrected chi connectivity index (χ1v) is 11.4. The summed E-state index contributed by atoms with van der Waals surface area (Å²) >= 11 is 0. The summed E-state index contributed by atoms with van der Waals surface area (Å²) in [7, 11) is -2.26. The quantitative estimate of drug-likeness (QED) is 0.619. The van der Waals surface area contributed by atoms with Crippen LogP contribution in [0, 0.1) is 13.8 Å². The fourth-order valence-corrected chi connectivity index (χ4v) is 3.36. The molecule has 8 heteroatoms. The number of hydrogen-bond acceptors (Lipinski definition) is 5. The van der Waals surface area contributed by atoms with Crippen molar-refractivity contribution in [2.24, 2.45) is 0 Å². The van der Waals surface area contributed by atoms with Gasteiger partial charge in [0, 0.05) is 18.3 Å². The zero-order chi connectivity index (χ0) is 22.5. The molecule has 2 rings (SSSR count). The van der Waals surface area contributed by atoms with Crippen LogP contribution in [0.4, 0.5) is 10.5 Å². The summed E-state index contributed by atoms with van der Waals surface area (Å²) in [5.74, 6) is 0.263. The molecule has 0 spiro atoms. The van der Waals surface area contributed by atoms with E-state index in [0.29, 0.717) is 5.75 Å². The third kappa shape index (κ3) is 5.89. The summed E-state index contributed by atoms with van der Waals surface area (Å²) in [6.45, 7) is 9.58. The molecule has 0 aliphatic carbocycles. The lowest BCUT2D eigenvalue weighted by Gasteiger charge is -2.28. The number of carbonyl (C=O) groups is 1. The Bertz CT molecular complexity index is 1000. The van der Waals surface area contributed by atoms with Crippen LogP contribution in [-0.2, 0) is 16.7 Å². The molecule has 0 atom stereocenters. The van der Waals surface area contributed by atoms with Gasteiger partial charge in [-0.3, -0.25) is 0 Å². The van der Waals surface area contributed by atoms with Gasteiger partial charge in [0.1, 0.15) is 0 Å². The Kier molecular flexibility index (Phi) is 7.72. The first kappa shape index (κ1) is 23.5. The highest BCUT2D eigenvalue weighted by Gasteiger charge is 2.20. The number of ether oxygens (including phenoxy) is 1. The summed E-state index contributed by atoms with van der Waals surface area (Å²) in [6.07, 6.45) is 0. The summed E-state index contributed by atoms with van der Waals surface area (Å²) in [4.78, 5) is 14.6. The highest BCUT2D eigenvalue weighted by molar-refractivity contribution is 7.87. The van der Waals surface area contributed by atoms with Gasteiger partial charge in [-0.2, -0.15) is 8.42 Å². The molecule has 0 radical (unpaired) electrons. The minimum Gasteiger partial charge on any atom is -0.493 e. The van der Waals surface area contributed by atoms with Crippen LogP contribution in [-0.4, -0.2) is 38.3 Å². The number of carbonyl (C=O) groups excluding carboxylic acids is 1. The fraction of sp³-hybridized carbons (Fsp3) is 0.409. The van der Waals surface area contributed by atoms with Crippen molar-refractivity contribution in [2.75, 3.05) is 18.2 Å². The molecule has 2 aromatic carbocycles. The van der Waals surface area contributed by atoms with Crippen molar-refractivity contribution in [3.63, 3.8) is 0 Å². The van der Waals surface area contributed by atoms with Crippen LogP contribution in [0.3, 0.4) is 0 Å². The fourth-order valence-electron chi connectivity index (χ4n) is 2.84. The zero-order valence-electron chi connectivity index (χ0n) is 18.4. The second-order valence-electron chi connectivity index (χ2n) is 7.31. The molecule has 0 bridgehead atoms. The third-order valence-electron chi connectivity index (χ3n) is 4.88. The number of anilines is 1. The van der Waals surface area contributed by atoms with Gasteiger partial charge in [0.25, 0.3) is 0 Å². The summed E-state index contributed by atoms with van der Waals surface area (Å²) < 4.78 is 34.2. The van der Waals surface area contributed by atoms with E-state index in [0.717, 1.165) is 22.4 Å². The number of nitrogens with one attached hydrogen (secondary N) is 1. The van der Waals surface area contributed by atoms with Gasteiger partial charge >= 0.3 is 16.1 Å². The average Bonchev–Trinajstić information content (AvgIpc) is 2.69. The summed E-state index contributed by atoms with van der Waals surface area (Å²) in [5, 5.41) is 2.97. The lowest BCUT2D eigenvalue weighted by molar-refractivity contribution is 0.193. The van der Waals surface area contributed by atoms with Gasteiger partial charge in [-0.1, -0.05) is 18.2 Å². The van der Waals surface area contributed by atoms with E-state index in [1.54, 1.807) is 23.1 Å². The molecule has 0 saturated carbocycles. The zero-order valence-corrected chi connectivity index (χ0v) is 19.2. The van der Waals surface area contributed by atoms with Gasteiger partial charge in [-0.15, -0.1) is 0 Å². The number of amides is 2. The largest absolute Gasteiger partial charge is 0.493 e. The number of hydrogen-bond donors (Lipinski definition) is 1. The number of nitrogens with zero attached hydrogens (tertiary/aromatic N) is 1. The second kappa shape index (κ2) is 9.84. The van der Waals surface area contributed by atoms with Crippen LogP contribution in [0.5, 0.6) is 11.5 Å². The number of urea groups is 1. The van der Waals surface area contributed by atoms with Crippen LogP contribution < -0.4 is 14.2 Å². The number of rotatable bonds is 8. The van der Waals surface area contributed by atoms with Crippen molar-refractivity contribution < 1.29 is 22.1 Å². The number of methoxy groups -OCH3 is 1. The smallest absolute Gasteiger partial charge is 0.322 e. The van der Waals surface area contributed by atoms with Gasteiger partial charge in [0.2, 0.25) is 0 Å². The number of aryl methyl sites for hydroxylation is 1. The van der Waals surface area contributed by atoms with Crippen molar-refractivity contribution in [3.8, 4) is 11.5 Å². The van der Waals surface area contributed by atoms with Crippen molar-refractivity contribution in [1.82, 2.24) is 4.90 Å². The highest BCUT2D eigenvalue weighted by atomic mass is 32.2. The van der Waals surface area contributed by atoms with Gasteiger partial charge in [-0.05, 0) is 69.5 Å². The molecule has 0 unspecified atom stereocenters. The molecule has 0 aliphatic heterocycles. The van der Waals surface area contributed by atoms with E-state index in [1.165, 1.54) is 14.0 Å². The van der Waals surface area contributed by atoms with Crippen molar-refractivity contribution >= 4 is 21.8 Å². The summed E-state index contributed by atoms with van der Waals surface area (Å²) in [5.41, 5.74) is 3.60. The lowest BCUT2D eigenvalue weighted by Crippen LogP contribution is -2.39. The molecular formula is C22H30N2O5S. The van der Waals surface area contributed by atoms with Crippen LogP contribution in [0.25, 0.3) is 0 Å². The van der Waals surface area contributed by atoms with Gasteiger partial charge < -0.3 is 19.1 Å². The maximum Gasteiger partial charge on any atom is 0.322 e. The van der Waals surface area contributed by atoms with E-state index in [9.17, 15) is 13.2 Å². The van der Waals surface area contributed by atoms with Crippen LogP contribution in [0.15, 0.2) is 36.4 Å².